The predicted molar refractivity (Wildman–Crippen MR) is 135 cm³/mol. The summed E-state index contributed by atoms with van der Waals surface area (Å²) in [6.45, 7) is 6.03. The maximum Gasteiger partial charge on any atom is 0.339 e. The molecule has 8 nitrogen and oxygen atoms in total. The van der Waals surface area contributed by atoms with Crippen LogP contribution in [0.5, 0.6) is 5.75 Å². The van der Waals surface area contributed by atoms with Gasteiger partial charge in [-0.1, -0.05) is 43.7 Å². The van der Waals surface area contributed by atoms with Crippen molar-refractivity contribution in [2.45, 2.75) is 38.5 Å². The molecule has 1 amide bonds. The number of amides is 1. The highest BCUT2D eigenvalue weighted by Crippen LogP contribution is 2.33. The number of aryl methyl sites for hydroxylation is 1. The van der Waals surface area contributed by atoms with Crippen LogP contribution in [0.1, 0.15) is 37.8 Å². The predicted octanol–water partition coefficient (Wildman–Crippen LogP) is 4.82. The zero-order valence-corrected chi connectivity index (χ0v) is 20.6. The largest absolute Gasteiger partial charge is 0.379 e. The molecule has 0 radical (unpaired) electrons. The van der Waals surface area contributed by atoms with Crippen molar-refractivity contribution in [3.8, 4) is 5.75 Å². The number of rotatable bonds is 7. The molecule has 2 aliphatic rings. The van der Waals surface area contributed by atoms with Crippen LogP contribution in [-0.4, -0.2) is 35.4 Å². The number of hydrogen-bond acceptors (Lipinski definition) is 7. The third-order valence-electron chi connectivity index (χ3n) is 5.51. The van der Waals surface area contributed by atoms with E-state index in [1.165, 1.54) is 41.0 Å². The van der Waals surface area contributed by atoms with Crippen molar-refractivity contribution >= 4 is 49.9 Å². The Balaban J connectivity index is 1.53. The molecule has 0 bridgehead atoms. The lowest BCUT2D eigenvalue weighted by Crippen LogP contribution is -2.35. The second-order valence-electron chi connectivity index (χ2n) is 7.89. The summed E-state index contributed by atoms with van der Waals surface area (Å²) in [4.78, 5) is 16.8. The fourth-order valence-electron chi connectivity index (χ4n) is 3.48. The third kappa shape index (κ3) is 4.83. The minimum atomic E-state index is -3.96. The molecule has 0 aromatic heterocycles. The summed E-state index contributed by atoms with van der Waals surface area (Å²) in [6, 6.07) is 12.6. The number of thioether (sulfide) groups is 1. The number of carbonyl (C=O) groups excluding carboxylic acids is 1. The van der Waals surface area contributed by atoms with E-state index in [9.17, 15) is 13.2 Å². The van der Waals surface area contributed by atoms with E-state index < -0.39 is 16.0 Å². The Kier molecular flexibility index (Phi) is 6.72. The van der Waals surface area contributed by atoms with Gasteiger partial charge in [-0.25, -0.2) is 0 Å². The van der Waals surface area contributed by atoms with Gasteiger partial charge in [0.05, 0.1) is 5.57 Å². The molecule has 2 aliphatic heterocycles. The van der Waals surface area contributed by atoms with Crippen LogP contribution in [-0.2, 0) is 14.9 Å². The molecule has 1 N–H and O–H groups in total. The zero-order chi connectivity index (χ0) is 24.5. The molecule has 0 aliphatic carbocycles. The quantitative estimate of drug-likeness (QED) is 0.434. The number of hydrogen-bond donors (Lipinski definition) is 1. The van der Waals surface area contributed by atoms with Crippen molar-refractivity contribution in [2.24, 2.45) is 16.0 Å². The molecule has 2 heterocycles. The van der Waals surface area contributed by atoms with Crippen LogP contribution in [0.2, 0.25) is 0 Å². The normalized spacial score (nSPS) is 17.2. The van der Waals surface area contributed by atoms with E-state index in [1.54, 1.807) is 30.3 Å². The summed E-state index contributed by atoms with van der Waals surface area (Å²) >= 11 is 1.34. The molecule has 2 aromatic rings. The molecular weight excluding hydrogens is 472 g/mol. The highest BCUT2D eigenvalue weighted by atomic mass is 32.2. The number of hydrazone groups is 1. The van der Waals surface area contributed by atoms with E-state index >= 15 is 0 Å². The Morgan fingerprint density at radius 2 is 1.74 bits per heavy atom. The van der Waals surface area contributed by atoms with Crippen molar-refractivity contribution < 1.29 is 17.4 Å². The number of fused-ring (bicyclic) bond motifs is 1. The van der Waals surface area contributed by atoms with Gasteiger partial charge in [-0.2, -0.15) is 23.5 Å². The molecular formula is C24H24N4O4S2. The van der Waals surface area contributed by atoms with Crippen LogP contribution in [0.4, 0.5) is 0 Å². The van der Waals surface area contributed by atoms with Gasteiger partial charge in [-0.05, 0) is 67.4 Å². The molecule has 34 heavy (non-hydrogen) atoms. The fraction of sp³-hybridized carbons (Fsp3) is 0.250. The molecule has 10 heteroatoms. The molecule has 0 saturated heterocycles. The van der Waals surface area contributed by atoms with Gasteiger partial charge >= 0.3 is 10.1 Å². The van der Waals surface area contributed by atoms with E-state index in [4.69, 9.17) is 9.59 Å². The minimum absolute atomic E-state index is 0.0364. The lowest BCUT2D eigenvalue weighted by Gasteiger charge is -2.20. The molecule has 0 fully saturated rings. The summed E-state index contributed by atoms with van der Waals surface area (Å²) in [6.07, 6.45) is 3.38. The van der Waals surface area contributed by atoms with Crippen LogP contribution < -0.4 is 4.18 Å². The number of amidine groups is 2. The van der Waals surface area contributed by atoms with Crippen molar-refractivity contribution in [1.82, 2.24) is 5.01 Å². The Labute approximate surface area is 203 Å². The lowest BCUT2D eigenvalue weighted by molar-refractivity contribution is -0.114. The van der Waals surface area contributed by atoms with Crippen molar-refractivity contribution in [1.29, 1.82) is 5.41 Å². The maximum absolute atomic E-state index is 12.6. The Morgan fingerprint density at radius 3 is 2.35 bits per heavy atom. The SMILES string of the molecule is CCC(CC)C1=NN2C(=N)C(=Cc3ccc(OS(=O)(=O)c4ccc(C)cc4)cc3)C(=O)N=C2S1. The highest BCUT2D eigenvalue weighted by molar-refractivity contribution is 8.27. The number of benzene rings is 2. The van der Waals surface area contributed by atoms with Crippen molar-refractivity contribution in [3.63, 3.8) is 0 Å². The van der Waals surface area contributed by atoms with Crippen molar-refractivity contribution in [2.75, 3.05) is 0 Å². The second-order valence-corrected chi connectivity index (χ2v) is 10.4. The standard InChI is InChI=1S/C24H24N4O4S2/c1-4-17(5-2)23-27-28-21(25)20(22(29)26-24(28)33-23)14-16-8-10-18(11-9-16)32-34(30,31)19-12-6-15(3)7-13-19/h6-14,17,25H,4-5H2,1-3H3. The topological polar surface area (TPSA) is 112 Å². The minimum Gasteiger partial charge on any atom is -0.379 e. The third-order valence-corrected chi connectivity index (χ3v) is 7.84. The molecule has 4 rings (SSSR count). The molecule has 0 saturated carbocycles. The number of aliphatic imine (C=N–C) groups is 1. The summed E-state index contributed by atoms with van der Waals surface area (Å²) in [7, 11) is -3.96. The van der Waals surface area contributed by atoms with Crippen molar-refractivity contribution in [3.05, 3.63) is 65.2 Å². The van der Waals surface area contributed by atoms with E-state index in [-0.39, 0.29) is 28.0 Å². The van der Waals surface area contributed by atoms with Gasteiger partial charge in [0.1, 0.15) is 15.7 Å². The summed E-state index contributed by atoms with van der Waals surface area (Å²) < 4.78 is 30.2. The highest BCUT2D eigenvalue weighted by Gasteiger charge is 2.37. The molecule has 176 valence electrons. The first-order chi connectivity index (χ1) is 16.2. The molecule has 0 unspecified atom stereocenters. The fourth-order valence-corrected chi connectivity index (χ4v) is 5.56. The van der Waals surface area contributed by atoms with Crippen LogP contribution in [0.3, 0.4) is 0 Å². The number of nitrogens with zero attached hydrogens (tertiary/aromatic N) is 3. The van der Waals surface area contributed by atoms with E-state index in [1.807, 2.05) is 6.92 Å². The maximum atomic E-state index is 12.6. The van der Waals surface area contributed by atoms with Gasteiger partial charge in [-0.15, -0.1) is 0 Å². The van der Waals surface area contributed by atoms with Gasteiger partial charge in [-0.3, -0.25) is 10.2 Å². The monoisotopic (exact) mass is 496 g/mol. The number of carbonyl (C=O) groups is 1. The van der Waals surface area contributed by atoms with Crippen LogP contribution in [0, 0.1) is 18.3 Å². The number of nitrogens with one attached hydrogen (secondary N) is 1. The summed E-state index contributed by atoms with van der Waals surface area (Å²) in [5.41, 5.74) is 1.66. The first-order valence-electron chi connectivity index (χ1n) is 10.8. The molecule has 0 atom stereocenters. The summed E-state index contributed by atoms with van der Waals surface area (Å²) in [5, 5.41) is 15.7. The first-order valence-corrected chi connectivity index (χ1v) is 13.1. The Bertz CT molecular complexity index is 1320. The first kappa shape index (κ1) is 23.9. The average Bonchev–Trinajstić information content (AvgIpc) is 3.22. The molecule has 0 spiro atoms. The Morgan fingerprint density at radius 1 is 1.09 bits per heavy atom. The van der Waals surface area contributed by atoms with Crippen LogP contribution >= 0.6 is 11.8 Å². The van der Waals surface area contributed by atoms with Crippen LogP contribution in [0.15, 0.2) is 69.1 Å². The van der Waals surface area contributed by atoms with Gasteiger partial charge in [0, 0.05) is 5.92 Å². The van der Waals surface area contributed by atoms with Gasteiger partial charge in [0.25, 0.3) is 5.91 Å². The van der Waals surface area contributed by atoms with E-state index in [0.29, 0.717) is 10.7 Å². The summed E-state index contributed by atoms with van der Waals surface area (Å²) in [5.74, 6) is -0.140. The van der Waals surface area contributed by atoms with Gasteiger partial charge < -0.3 is 4.18 Å². The second kappa shape index (κ2) is 9.55. The van der Waals surface area contributed by atoms with E-state index in [0.717, 1.165) is 23.4 Å². The lowest BCUT2D eigenvalue weighted by atomic mass is 10.1. The van der Waals surface area contributed by atoms with Gasteiger partial charge in [0.15, 0.2) is 5.84 Å². The smallest absolute Gasteiger partial charge is 0.339 e. The zero-order valence-electron chi connectivity index (χ0n) is 19.0. The van der Waals surface area contributed by atoms with Gasteiger partial charge in [0.2, 0.25) is 5.17 Å². The average molecular weight is 497 g/mol. The van der Waals surface area contributed by atoms with E-state index in [2.05, 4.69) is 23.9 Å². The Hall–Kier alpha value is -3.24. The molecule has 2 aromatic carbocycles. The van der Waals surface area contributed by atoms with Crippen LogP contribution in [0.25, 0.3) is 6.08 Å².